The fourth-order valence-corrected chi connectivity index (χ4v) is 2.76. The summed E-state index contributed by atoms with van der Waals surface area (Å²) in [6, 6.07) is 1.72. The molecule has 102 valence electrons. The summed E-state index contributed by atoms with van der Waals surface area (Å²) in [5.74, 6) is 1.50. The summed E-state index contributed by atoms with van der Waals surface area (Å²) in [5.41, 5.74) is 6.12. The molecule has 6 heteroatoms. The van der Waals surface area contributed by atoms with E-state index in [9.17, 15) is 4.21 Å². The van der Waals surface area contributed by atoms with E-state index in [0.29, 0.717) is 29.5 Å². The van der Waals surface area contributed by atoms with E-state index in [1.165, 1.54) is 0 Å². The van der Waals surface area contributed by atoms with Crippen molar-refractivity contribution in [2.75, 3.05) is 20.8 Å². The average Bonchev–Trinajstić information content (AvgIpc) is 2.38. The minimum Gasteiger partial charge on any atom is -0.493 e. The SMILES string of the molecule is COc1ccnc(CS(=O)C(C)CCN)c1OC. The van der Waals surface area contributed by atoms with Crippen LogP contribution >= 0.6 is 0 Å². The molecular formula is C12H20N2O3S. The van der Waals surface area contributed by atoms with Crippen LogP contribution in [-0.2, 0) is 16.6 Å². The molecule has 5 nitrogen and oxygen atoms in total. The van der Waals surface area contributed by atoms with E-state index in [1.54, 1.807) is 26.5 Å². The number of methoxy groups -OCH3 is 2. The molecule has 0 fully saturated rings. The lowest BCUT2D eigenvalue weighted by Gasteiger charge is -2.13. The van der Waals surface area contributed by atoms with Crippen molar-refractivity contribution >= 4 is 10.8 Å². The van der Waals surface area contributed by atoms with Gasteiger partial charge >= 0.3 is 0 Å². The molecule has 2 N–H and O–H groups in total. The van der Waals surface area contributed by atoms with Crippen LogP contribution in [0.1, 0.15) is 19.0 Å². The number of ether oxygens (including phenoxy) is 2. The Morgan fingerprint density at radius 3 is 2.72 bits per heavy atom. The highest BCUT2D eigenvalue weighted by Crippen LogP contribution is 2.30. The molecule has 0 saturated carbocycles. The van der Waals surface area contributed by atoms with E-state index in [0.717, 1.165) is 6.42 Å². The van der Waals surface area contributed by atoms with Crippen LogP contribution in [0.4, 0.5) is 0 Å². The maximum absolute atomic E-state index is 12.1. The highest BCUT2D eigenvalue weighted by Gasteiger charge is 2.17. The van der Waals surface area contributed by atoms with Crippen molar-refractivity contribution in [1.29, 1.82) is 0 Å². The molecule has 0 amide bonds. The molecule has 1 heterocycles. The van der Waals surface area contributed by atoms with Crippen LogP contribution in [0.2, 0.25) is 0 Å². The Labute approximate surface area is 110 Å². The van der Waals surface area contributed by atoms with Gasteiger partial charge in [-0.1, -0.05) is 6.92 Å². The first-order valence-electron chi connectivity index (χ1n) is 5.77. The van der Waals surface area contributed by atoms with Gasteiger partial charge in [0.25, 0.3) is 0 Å². The molecule has 2 atom stereocenters. The summed E-state index contributed by atoms with van der Waals surface area (Å²) < 4.78 is 22.5. The summed E-state index contributed by atoms with van der Waals surface area (Å²) in [6.07, 6.45) is 2.36. The van der Waals surface area contributed by atoms with E-state index < -0.39 is 10.8 Å². The van der Waals surface area contributed by atoms with Crippen molar-refractivity contribution in [1.82, 2.24) is 4.98 Å². The maximum Gasteiger partial charge on any atom is 0.183 e. The zero-order valence-electron chi connectivity index (χ0n) is 11.0. The van der Waals surface area contributed by atoms with Crippen LogP contribution in [0, 0.1) is 0 Å². The Morgan fingerprint density at radius 1 is 1.44 bits per heavy atom. The van der Waals surface area contributed by atoms with Crippen molar-refractivity contribution in [2.45, 2.75) is 24.3 Å². The Kier molecular flexibility index (Phi) is 6.07. The molecule has 1 rings (SSSR count). The normalized spacial score (nSPS) is 14.0. The van der Waals surface area contributed by atoms with E-state index >= 15 is 0 Å². The van der Waals surface area contributed by atoms with Gasteiger partial charge in [0.15, 0.2) is 11.5 Å². The standard InChI is InChI=1S/C12H20N2O3S/c1-9(4-6-13)18(15)8-10-12(17-3)11(16-2)5-7-14-10/h5,7,9H,4,6,8,13H2,1-3H3. The first kappa shape index (κ1) is 14.9. The predicted molar refractivity (Wildman–Crippen MR) is 72.3 cm³/mol. The highest BCUT2D eigenvalue weighted by molar-refractivity contribution is 7.84. The zero-order chi connectivity index (χ0) is 13.5. The summed E-state index contributed by atoms with van der Waals surface area (Å²) >= 11 is 0. The van der Waals surface area contributed by atoms with Gasteiger partial charge in [-0.15, -0.1) is 0 Å². The van der Waals surface area contributed by atoms with Gasteiger partial charge < -0.3 is 15.2 Å². The Balaban J connectivity index is 2.87. The van der Waals surface area contributed by atoms with E-state index in [4.69, 9.17) is 15.2 Å². The van der Waals surface area contributed by atoms with Gasteiger partial charge in [0.1, 0.15) is 0 Å². The van der Waals surface area contributed by atoms with Gasteiger partial charge in [-0.2, -0.15) is 0 Å². The van der Waals surface area contributed by atoms with Crippen molar-refractivity contribution in [3.05, 3.63) is 18.0 Å². The quantitative estimate of drug-likeness (QED) is 0.804. The number of pyridine rings is 1. The summed E-state index contributed by atoms with van der Waals surface area (Å²) in [5, 5.41) is 0.0488. The molecule has 0 spiro atoms. The molecule has 1 aromatic heterocycles. The topological polar surface area (TPSA) is 74.4 Å². The smallest absolute Gasteiger partial charge is 0.183 e. The van der Waals surface area contributed by atoms with Crippen LogP contribution in [-0.4, -0.2) is 35.2 Å². The third-order valence-electron chi connectivity index (χ3n) is 2.67. The van der Waals surface area contributed by atoms with Crippen molar-refractivity contribution < 1.29 is 13.7 Å². The van der Waals surface area contributed by atoms with Gasteiger partial charge in [-0.3, -0.25) is 9.19 Å². The lowest BCUT2D eigenvalue weighted by Crippen LogP contribution is -2.18. The van der Waals surface area contributed by atoms with Crippen LogP contribution < -0.4 is 15.2 Å². The molecule has 0 aromatic carbocycles. The lowest BCUT2D eigenvalue weighted by molar-refractivity contribution is 0.350. The van der Waals surface area contributed by atoms with E-state index in [1.807, 2.05) is 6.92 Å². The molecule has 0 saturated heterocycles. The molecule has 0 aliphatic carbocycles. The second-order valence-corrected chi connectivity index (χ2v) is 5.76. The van der Waals surface area contributed by atoms with Crippen LogP contribution in [0.5, 0.6) is 11.5 Å². The van der Waals surface area contributed by atoms with Gasteiger partial charge in [-0.05, 0) is 13.0 Å². The van der Waals surface area contributed by atoms with Gasteiger partial charge in [0.2, 0.25) is 0 Å². The Morgan fingerprint density at radius 2 is 2.17 bits per heavy atom. The zero-order valence-corrected chi connectivity index (χ0v) is 11.8. The first-order chi connectivity index (χ1) is 8.63. The minimum atomic E-state index is -1.02. The van der Waals surface area contributed by atoms with Crippen LogP contribution in [0.3, 0.4) is 0 Å². The fraction of sp³-hybridized carbons (Fsp3) is 0.583. The average molecular weight is 272 g/mol. The van der Waals surface area contributed by atoms with Crippen LogP contribution in [0.25, 0.3) is 0 Å². The molecular weight excluding hydrogens is 252 g/mol. The summed E-state index contributed by atoms with van der Waals surface area (Å²) in [7, 11) is 2.10. The highest BCUT2D eigenvalue weighted by atomic mass is 32.2. The van der Waals surface area contributed by atoms with Crippen molar-refractivity contribution in [2.24, 2.45) is 5.73 Å². The second kappa shape index (κ2) is 7.33. The third-order valence-corrected chi connectivity index (χ3v) is 4.36. The molecule has 0 radical (unpaired) electrons. The minimum absolute atomic E-state index is 0.0488. The monoisotopic (exact) mass is 272 g/mol. The number of aromatic nitrogens is 1. The molecule has 2 unspecified atom stereocenters. The molecule has 0 aliphatic rings. The molecule has 18 heavy (non-hydrogen) atoms. The van der Waals surface area contributed by atoms with Crippen molar-refractivity contribution in [3.8, 4) is 11.5 Å². The molecule has 0 aliphatic heterocycles. The predicted octanol–water partition coefficient (Wildman–Crippen LogP) is 1.08. The van der Waals surface area contributed by atoms with Crippen molar-refractivity contribution in [3.63, 3.8) is 0 Å². The Hall–Kier alpha value is -1.14. The number of hydrogen-bond acceptors (Lipinski definition) is 5. The van der Waals surface area contributed by atoms with E-state index in [-0.39, 0.29) is 5.25 Å². The molecule has 1 aromatic rings. The number of hydrogen-bond donors (Lipinski definition) is 1. The second-order valence-electron chi connectivity index (χ2n) is 3.91. The van der Waals surface area contributed by atoms with Gasteiger partial charge in [-0.25, -0.2) is 0 Å². The van der Waals surface area contributed by atoms with Crippen LogP contribution in [0.15, 0.2) is 12.3 Å². The first-order valence-corrected chi connectivity index (χ1v) is 7.15. The largest absolute Gasteiger partial charge is 0.493 e. The fourth-order valence-electron chi connectivity index (χ4n) is 1.60. The lowest BCUT2D eigenvalue weighted by atomic mass is 10.3. The van der Waals surface area contributed by atoms with Gasteiger partial charge in [0, 0.05) is 28.3 Å². The summed E-state index contributed by atoms with van der Waals surface area (Å²) in [4.78, 5) is 4.21. The third kappa shape index (κ3) is 3.68. The van der Waals surface area contributed by atoms with Gasteiger partial charge in [0.05, 0.1) is 25.7 Å². The number of nitrogens with two attached hydrogens (primary N) is 1. The maximum atomic E-state index is 12.1. The Bertz CT molecular complexity index is 412. The summed E-state index contributed by atoms with van der Waals surface area (Å²) in [6.45, 7) is 2.46. The number of rotatable bonds is 7. The molecule has 0 bridgehead atoms. The number of nitrogens with zero attached hydrogens (tertiary/aromatic N) is 1. The van der Waals surface area contributed by atoms with E-state index in [2.05, 4.69) is 4.98 Å².